The number of rotatable bonds is 11. The average molecular weight is 658 g/mol. The molecule has 2 unspecified atom stereocenters. The van der Waals surface area contributed by atoms with Crippen molar-refractivity contribution in [2.24, 2.45) is 11.8 Å². The summed E-state index contributed by atoms with van der Waals surface area (Å²) in [4.78, 5) is 44.7. The molecule has 0 amide bonds. The van der Waals surface area contributed by atoms with Crippen LogP contribution in [-0.4, -0.2) is 87.5 Å². The first-order chi connectivity index (χ1) is 20.9. The van der Waals surface area contributed by atoms with Crippen LogP contribution in [0.3, 0.4) is 0 Å². The van der Waals surface area contributed by atoms with Crippen LogP contribution in [0.4, 0.5) is 16.0 Å². The van der Waals surface area contributed by atoms with Crippen molar-refractivity contribution in [3.63, 3.8) is 0 Å². The number of nitrogen functional groups attached to an aromatic ring is 2. The monoisotopic (exact) mass is 658 g/mol. The van der Waals surface area contributed by atoms with Crippen molar-refractivity contribution >= 4 is 49.6 Å². The Kier molecular flexibility index (Phi) is 8.14. The number of phosphoric ester groups is 2. The lowest BCUT2D eigenvalue weighted by atomic mass is 9.70. The third-order valence-electron chi connectivity index (χ3n) is 7.91. The molecule has 0 spiro atoms. The predicted octanol–water partition coefficient (Wildman–Crippen LogP) is 1.53. The van der Waals surface area contributed by atoms with E-state index in [4.69, 9.17) is 29.8 Å². The Labute approximate surface area is 247 Å². The lowest BCUT2D eigenvalue weighted by Crippen LogP contribution is -2.39. The van der Waals surface area contributed by atoms with E-state index in [0.29, 0.717) is 17.6 Å². The number of anilines is 2. The second-order valence-electron chi connectivity index (χ2n) is 10.4. The van der Waals surface area contributed by atoms with Gasteiger partial charge in [-0.15, -0.1) is 0 Å². The highest BCUT2D eigenvalue weighted by Gasteiger charge is 2.52. The van der Waals surface area contributed by atoms with Gasteiger partial charge in [-0.05, 0) is 18.3 Å². The van der Waals surface area contributed by atoms with Gasteiger partial charge < -0.3 is 30.6 Å². The smallest absolute Gasteiger partial charge is 0.382 e. The van der Waals surface area contributed by atoms with Gasteiger partial charge >= 0.3 is 15.6 Å². The molecule has 4 aromatic heterocycles. The van der Waals surface area contributed by atoms with Gasteiger partial charge in [0.25, 0.3) is 0 Å². The van der Waals surface area contributed by atoms with Crippen molar-refractivity contribution in [3.05, 3.63) is 25.3 Å². The number of nitrogens with two attached hydrogens (primary N) is 2. The maximum absolute atomic E-state index is 15.9. The Balaban J connectivity index is 1.14. The summed E-state index contributed by atoms with van der Waals surface area (Å²) >= 11 is 0. The SMILES string of the molecule is COP(=O)(O)OC[C@H]1O[C@@H](n2cnc3c(N)ncnc32)[C@H](F)[C@@H]1OP(=O)(O)OC[C@H]1C[C@@H](n2cnc3c(N)ncnc32)[C@@H]1C. The molecule has 1 saturated carbocycles. The average Bonchev–Trinajstić information content (AvgIpc) is 3.68. The van der Waals surface area contributed by atoms with Crippen LogP contribution in [0.15, 0.2) is 25.3 Å². The lowest BCUT2D eigenvalue weighted by Gasteiger charge is -2.43. The van der Waals surface area contributed by atoms with Gasteiger partial charge in [-0.2, -0.15) is 0 Å². The second-order valence-corrected chi connectivity index (χ2v) is 13.3. The molecule has 44 heavy (non-hydrogen) atoms. The largest absolute Gasteiger partial charge is 0.472 e. The molecule has 19 nitrogen and oxygen atoms in total. The van der Waals surface area contributed by atoms with E-state index in [-0.39, 0.29) is 47.3 Å². The highest BCUT2D eigenvalue weighted by molar-refractivity contribution is 7.47. The number of phosphoric acid groups is 2. The molecule has 6 N–H and O–H groups in total. The lowest BCUT2D eigenvalue weighted by molar-refractivity contribution is -0.0472. The molecule has 9 atom stereocenters. The van der Waals surface area contributed by atoms with Gasteiger partial charge in [-0.1, -0.05) is 6.92 Å². The standard InChI is InChI=1S/C22H29FN10O9P2/c1-10-11(3-12(10)32-8-30-15-18(24)26-6-28-20(15)32)4-39-44(36,37)42-17-13(5-40-43(34,35)38-2)41-22(14(17)23)33-9-31-16-19(25)27-7-29-21(16)33/h6-14,17,22H,3-5H2,1-2H3,(H,34,35)(H,36,37)(H2,24,26,28)(H2,25,27,29)/t10-,11-,12-,13-,14-,17-,22-/m1/s1. The Hall–Kier alpha value is -3.19. The van der Waals surface area contributed by atoms with E-state index in [9.17, 15) is 18.9 Å². The van der Waals surface area contributed by atoms with Gasteiger partial charge in [0.1, 0.15) is 35.9 Å². The topological polar surface area (TPSA) is 260 Å². The molecule has 1 aliphatic heterocycles. The third kappa shape index (κ3) is 5.68. The maximum Gasteiger partial charge on any atom is 0.472 e. The molecule has 0 radical (unpaired) electrons. The van der Waals surface area contributed by atoms with Crippen LogP contribution < -0.4 is 11.5 Å². The number of hydrogen-bond donors (Lipinski definition) is 4. The van der Waals surface area contributed by atoms with Gasteiger partial charge in [0.05, 0.1) is 25.9 Å². The predicted molar refractivity (Wildman–Crippen MR) is 148 cm³/mol. The van der Waals surface area contributed by atoms with Crippen molar-refractivity contribution in [2.75, 3.05) is 31.8 Å². The van der Waals surface area contributed by atoms with Gasteiger partial charge in [-0.3, -0.25) is 22.7 Å². The minimum absolute atomic E-state index is 0.0189. The van der Waals surface area contributed by atoms with Crippen molar-refractivity contribution in [2.45, 2.75) is 44.0 Å². The van der Waals surface area contributed by atoms with Crippen LogP contribution >= 0.6 is 15.6 Å². The Morgan fingerprint density at radius 2 is 1.55 bits per heavy atom. The highest BCUT2D eigenvalue weighted by Crippen LogP contribution is 2.53. The van der Waals surface area contributed by atoms with Crippen LogP contribution in [-0.2, 0) is 32.0 Å². The molecule has 2 fully saturated rings. The first-order valence-electron chi connectivity index (χ1n) is 13.2. The van der Waals surface area contributed by atoms with Crippen LogP contribution in [0.5, 0.6) is 0 Å². The summed E-state index contributed by atoms with van der Waals surface area (Å²) < 4.78 is 69.5. The fourth-order valence-corrected chi connectivity index (χ4v) is 6.83. The first-order valence-corrected chi connectivity index (χ1v) is 16.2. The molecule has 6 rings (SSSR count). The van der Waals surface area contributed by atoms with Crippen LogP contribution in [0, 0.1) is 11.8 Å². The van der Waals surface area contributed by atoms with E-state index in [2.05, 4.69) is 34.4 Å². The number of alkyl halides is 1. The van der Waals surface area contributed by atoms with Crippen LogP contribution in [0.2, 0.25) is 0 Å². The van der Waals surface area contributed by atoms with E-state index in [1.165, 1.54) is 17.2 Å². The molecule has 4 aromatic rings. The summed E-state index contributed by atoms with van der Waals surface area (Å²) in [5.74, 6) is 0.123. The van der Waals surface area contributed by atoms with Crippen molar-refractivity contribution in [1.29, 1.82) is 0 Å². The Morgan fingerprint density at radius 3 is 2.16 bits per heavy atom. The molecule has 1 saturated heterocycles. The summed E-state index contributed by atoms with van der Waals surface area (Å²) in [6, 6.07) is -0.0274. The first kappa shape index (κ1) is 30.8. The molecule has 22 heteroatoms. The summed E-state index contributed by atoms with van der Waals surface area (Å²) in [6.45, 7) is 1.03. The van der Waals surface area contributed by atoms with E-state index in [1.807, 2.05) is 11.5 Å². The Bertz CT molecular complexity index is 1780. The Morgan fingerprint density at radius 1 is 0.955 bits per heavy atom. The van der Waals surface area contributed by atoms with Gasteiger partial charge in [0.15, 0.2) is 35.3 Å². The summed E-state index contributed by atoms with van der Waals surface area (Å²) in [5, 5.41) is 0. The van der Waals surface area contributed by atoms with Crippen LogP contribution in [0.25, 0.3) is 22.3 Å². The van der Waals surface area contributed by atoms with Gasteiger partial charge in [0.2, 0.25) is 0 Å². The van der Waals surface area contributed by atoms with Crippen molar-refractivity contribution < 1.29 is 46.1 Å². The zero-order valence-electron chi connectivity index (χ0n) is 23.2. The van der Waals surface area contributed by atoms with Crippen molar-refractivity contribution in [1.82, 2.24) is 39.0 Å². The number of imidazole rings is 2. The number of nitrogens with zero attached hydrogens (tertiary/aromatic N) is 8. The van der Waals surface area contributed by atoms with Gasteiger partial charge in [0, 0.05) is 13.2 Å². The molecular formula is C22H29FN10O9P2. The van der Waals surface area contributed by atoms with E-state index in [0.717, 1.165) is 13.4 Å². The van der Waals surface area contributed by atoms with Crippen LogP contribution in [0.1, 0.15) is 25.6 Å². The summed E-state index contributed by atoms with van der Waals surface area (Å²) in [6.07, 6.45) is -0.968. The minimum Gasteiger partial charge on any atom is -0.382 e. The fraction of sp³-hybridized carbons (Fsp3) is 0.545. The van der Waals surface area contributed by atoms with Crippen molar-refractivity contribution in [3.8, 4) is 0 Å². The fourth-order valence-electron chi connectivity index (χ4n) is 5.39. The zero-order valence-corrected chi connectivity index (χ0v) is 25.0. The maximum atomic E-state index is 15.9. The van der Waals surface area contributed by atoms with E-state index in [1.54, 1.807) is 6.33 Å². The minimum atomic E-state index is -4.90. The molecule has 5 heterocycles. The summed E-state index contributed by atoms with van der Waals surface area (Å²) in [5.41, 5.74) is 13.0. The molecule has 1 aliphatic carbocycles. The number of aromatic nitrogens is 8. The number of hydrogen-bond acceptors (Lipinski definition) is 15. The number of halogens is 1. The third-order valence-corrected chi connectivity index (χ3v) is 9.83. The van der Waals surface area contributed by atoms with E-state index >= 15 is 4.39 Å². The molecule has 0 aromatic carbocycles. The quantitative estimate of drug-likeness (QED) is 0.166. The highest BCUT2D eigenvalue weighted by atomic mass is 31.2. The second kappa shape index (κ2) is 11.6. The number of ether oxygens (including phenoxy) is 1. The zero-order chi connectivity index (χ0) is 31.4. The normalized spacial score (nSPS) is 29.9. The molecule has 0 bridgehead atoms. The number of fused-ring (bicyclic) bond motifs is 2. The van der Waals surface area contributed by atoms with E-state index < -0.39 is 46.9 Å². The summed E-state index contributed by atoms with van der Waals surface area (Å²) in [7, 11) is -8.48. The molecule has 2 aliphatic rings. The van der Waals surface area contributed by atoms with Gasteiger partial charge in [-0.25, -0.2) is 43.4 Å². The molecule has 238 valence electrons. The molecular weight excluding hydrogens is 629 g/mol.